The summed E-state index contributed by atoms with van der Waals surface area (Å²) in [5, 5.41) is 0.980. The Hall–Kier alpha value is -3.08. The highest BCUT2D eigenvalue weighted by Gasteiger charge is 2.23. The van der Waals surface area contributed by atoms with Crippen LogP contribution in [0.25, 0.3) is 10.9 Å². The molecule has 0 radical (unpaired) electrons. The number of nitrogens with zero attached hydrogens (tertiary/aromatic N) is 1. The Morgan fingerprint density at radius 3 is 2.60 bits per heavy atom. The molecule has 0 saturated heterocycles. The van der Waals surface area contributed by atoms with Crippen molar-refractivity contribution in [1.29, 1.82) is 0 Å². The maximum atomic E-state index is 12.9. The van der Waals surface area contributed by atoms with Gasteiger partial charge in [-0.1, -0.05) is 30.3 Å². The summed E-state index contributed by atoms with van der Waals surface area (Å²) in [6.45, 7) is 0. The quantitative estimate of drug-likeness (QED) is 0.726. The summed E-state index contributed by atoms with van der Waals surface area (Å²) >= 11 is 0. The standard InChI is InChI=1S/C20H21N3O2/c1-23(17(13-19(21)24)11-14-5-3-2-4-6-14)20(25)16-7-8-18-15(12-16)9-10-22-18/h2-10,12,17,22H,11,13H2,1H3,(H2,21,24)/t17-/m0/s1. The summed E-state index contributed by atoms with van der Waals surface area (Å²) in [5.41, 5.74) is 8.05. The first-order valence-electron chi connectivity index (χ1n) is 8.21. The van der Waals surface area contributed by atoms with Gasteiger partial charge in [0.25, 0.3) is 5.91 Å². The highest BCUT2D eigenvalue weighted by Crippen LogP contribution is 2.18. The van der Waals surface area contributed by atoms with Gasteiger partial charge in [-0.15, -0.1) is 0 Å². The van der Waals surface area contributed by atoms with E-state index >= 15 is 0 Å². The number of hydrogen-bond acceptors (Lipinski definition) is 2. The highest BCUT2D eigenvalue weighted by atomic mass is 16.2. The predicted molar refractivity (Wildman–Crippen MR) is 98.1 cm³/mol. The molecule has 1 atom stereocenters. The molecule has 0 aliphatic rings. The van der Waals surface area contributed by atoms with E-state index in [1.165, 1.54) is 0 Å². The lowest BCUT2D eigenvalue weighted by molar-refractivity contribution is -0.118. The summed E-state index contributed by atoms with van der Waals surface area (Å²) in [5.74, 6) is -0.535. The smallest absolute Gasteiger partial charge is 0.253 e. The SMILES string of the molecule is CN(C(=O)c1ccc2[nH]ccc2c1)[C@H](CC(N)=O)Cc1ccccc1. The lowest BCUT2D eigenvalue weighted by Gasteiger charge is -2.28. The Morgan fingerprint density at radius 2 is 1.88 bits per heavy atom. The zero-order valence-electron chi connectivity index (χ0n) is 14.1. The van der Waals surface area contributed by atoms with Crippen LogP contribution in [0, 0.1) is 0 Å². The van der Waals surface area contributed by atoms with E-state index in [1.807, 2.05) is 54.7 Å². The van der Waals surface area contributed by atoms with Gasteiger partial charge in [0.05, 0.1) is 0 Å². The maximum absolute atomic E-state index is 12.9. The molecule has 3 N–H and O–H groups in total. The summed E-state index contributed by atoms with van der Waals surface area (Å²) in [7, 11) is 1.72. The number of nitrogens with one attached hydrogen (secondary N) is 1. The van der Waals surface area contributed by atoms with Gasteiger partial charge < -0.3 is 15.6 Å². The molecule has 3 aromatic rings. The van der Waals surface area contributed by atoms with Crippen molar-refractivity contribution in [1.82, 2.24) is 9.88 Å². The van der Waals surface area contributed by atoms with Crippen LogP contribution in [0.2, 0.25) is 0 Å². The fourth-order valence-corrected chi connectivity index (χ4v) is 3.02. The molecule has 0 bridgehead atoms. The van der Waals surface area contributed by atoms with Gasteiger partial charge >= 0.3 is 0 Å². The van der Waals surface area contributed by atoms with Crippen LogP contribution in [0.4, 0.5) is 0 Å². The summed E-state index contributed by atoms with van der Waals surface area (Å²) in [6.07, 6.45) is 2.55. The first kappa shape index (κ1) is 16.8. The minimum absolute atomic E-state index is 0.120. The molecule has 0 fully saturated rings. The Morgan fingerprint density at radius 1 is 1.12 bits per heavy atom. The van der Waals surface area contributed by atoms with Crippen molar-refractivity contribution >= 4 is 22.7 Å². The van der Waals surface area contributed by atoms with Gasteiger partial charge in [0.15, 0.2) is 0 Å². The normalized spacial score (nSPS) is 12.0. The number of fused-ring (bicyclic) bond motifs is 1. The van der Waals surface area contributed by atoms with Gasteiger partial charge in [-0.3, -0.25) is 9.59 Å². The molecule has 5 nitrogen and oxygen atoms in total. The van der Waals surface area contributed by atoms with E-state index in [0.717, 1.165) is 16.5 Å². The van der Waals surface area contributed by atoms with E-state index in [0.29, 0.717) is 12.0 Å². The zero-order chi connectivity index (χ0) is 17.8. The molecular formula is C20H21N3O2. The number of likely N-dealkylation sites (N-methyl/N-ethyl adjacent to an activating group) is 1. The molecule has 1 heterocycles. The first-order chi connectivity index (χ1) is 12.0. The summed E-state index contributed by atoms with van der Waals surface area (Å²) in [4.78, 5) is 29.1. The molecule has 0 saturated carbocycles. The second-order valence-electron chi connectivity index (χ2n) is 6.21. The molecule has 25 heavy (non-hydrogen) atoms. The van der Waals surface area contributed by atoms with Crippen LogP contribution >= 0.6 is 0 Å². The summed E-state index contributed by atoms with van der Waals surface area (Å²) in [6, 6.07) is 17.0. The molecule has 1 aromatic heterocycles. The molecule has 0 spiro atoms. The number of aromatic nitrogens is 1. The molecule has 128 valence electrons. The molecule has 3 rings (SSSR count). The minimum atomic E-state index is -0.415. The number of rotatable bonds is 6. The van der Waals surface area contributed by atoms with E-state index < -0.39 is 5.91 Å². The molecule has 5 heteroatoms. The van der Waals surface area contributed by atoms with Crippen molar-refractivity contribution in [2.75, 3.05) is 7.05 Å². The van der Waals surface area contributed by atoms with Crippen molar-refractivity contribution in [3.8, 4) is 0 Å². The maximum Gasteiger partial charge on any atom is 0.253 e. The monoisotopic (exact) mass is 335 g/mol. The van der Waals surface area contributed by atoms with E-state index in [2.05, 4.69) is 4.98 Å². The number of benzene rings is 2. The number of amides is 2. The fourth-order valence-electron chi connectivity index (χ4n) is 3.02. The lowest BCUT2D eigenvalue weighted by atomic mass is 10.0. The first-order valence-corrected chi connectivity index (χ1v) is 8.21. The van der Waals surface area contributed by atoms with E-state index in [4.69, 9.17) is 5.73 Å². The van der Waals surface area contributed by atoms with Crippen molar-refractivity contribution < 1.29 is 9.59 Å². The molecule has 2 aromatic carbocycles. The molecule has 0 aliphatic carbocycles. The summed E-state index contributed by atoms with van der Waals surface area (Å²) < 4.78 is 0. The van der Waals surface area contributed by atoms with Crippen molar-refractivity contribution in [2.45, 2.75) is 18.9 Å². The third-order valence-corrected chi connectivity index (χ3v) is 4.42. The fraction of sp³-hybridized carbons (Fsp3) is 0.200. The largest absolute Gasteiger partial charge is 0.370 e. The minimum Gasteiger partial charge on any atom is -0.370 e. The Bertz CT molecular complexity index is 886. The number of primary amides is 1. The number of carbonyl (C=O) groups is 2. The molecule has 0 unspecified atom stereocenters. The van der Waals surface area contributed by atoms with Gasteiger partial charge in [0, 0.05) is 42.2 Å². The second kappa shape index (κ2) is 7.21. The zero-order valence-corrected chi connectivity index (χ0v) is 14.1. The third-order valence-electron chi connectivity index (χ3n) is 4.42. The van der Waals surface area contributed by atoms with Crippen molar-refractivity contribution in [3.63, 3.8) is 0 Å². The topological polar surface area (TPSA) is 79.2 Å². The van der Waals surface area contributed by atoms with Gasteiger partial charge in [-0.2, -0.15) is 0 Å². The highest BCUT2D eigenvalue weighted by molar-refractivity contribution is 5.98. The van der Waals surface area contributed by atoms with Gasteiger partial charge in [0.1, 0.15) is 0 Å². The molecular weight excluding hydrogens is 314 g/mol. The van der Waals surface area contributed by atoms with Crippen molar-refractivity contribution in [3.05, 3.63) is 71.9 Å². The average molecular weight is 335 g/mol. The van der Waals surface area contributed by atoms with Crippen LogP contribution in [0.15, 0.2) is 60.8 Å². The number of nitrogens with two attached hydrogens (primary N) is 1. The Balaban J connectivity index is 1.83. The lowest BCUT2D eigenvalue weighted by Crippen LogP contribution is -2.41. The number of hydrogen-bond donors (Lipinski definition) is 2. The second-order valence-corrected chi connectivity index (χ2v) is 6.21. The van der Waals surface area contributed by atoms with E-state index in [9.17, 15) is 9.59 Å². The van der Waals surface area contributed by atoms with Crippen LogP contribution < -0.4 is 5.73 Å². The van der Waals surface area contributed by atoms with Crippen LogP contribution in [-0.4, -0.2) is 34.8 Å². The van der Waals surface area contributed by atoms with Crippen LogP contribution in [0.3, 0.4) is 0 Å². The molecule has 0 aliphatic heterocycles. The third kappa shape index (κ3) is 3.88. The average Bonchev–Trinajstić information content (AvgIpc) is 3.08. The van der Waals surface area contributed by atoms with Gasteiger partial charge in [0.2, 0.25) is 5.91 Å². The predicted octanol–water partition coefficient (Wildman–Crippen LogP) is 2.73. The van der Waals surface area contributed by atoms with Gasteiger partial charge in [-0.25, -0.2) is 0 Å². The van der Waals surface area contributed by atoms with E-state index in [1.54, 1.807) is 18.0 Å². The Kier molecular flexibility index (Phi) is 4.84. The number of H-pyrrole nitrogens is 1. The Labute approximate surface area is 146 Å². The van der Waals surface area contributed by atoms with Crippen LogP contribution in [-0.2, 0) is 11.2 Å². The number of carbonyl (C=O) groups excluding carboxylic acids is 2. The van der Waals surface area contributed by atoms with E-state index in [-0.39, 0.29) is 18.4 Å². The van der Waals surface area contributed by atoms with Crippen LogP contribution in [0.5, 0.6) is 0 Å². The van der Waals surface area contributed by atoms with Crippen molar-refractivity contribution in [2.24, 2.45) is 5.73 Å². The van der Waals surface area contributed by atoms with Gasteiger partial charge in [-0.05, 0) is 36.2 Å². The number of aromatic amines is 1. The molecule has 2 amide bonds. The van der Waals surface area contributed by atoms with Crippen LogP contribution in [0.1, 0.15) is 22.3 Å².